The van der Waals surface area contributed by atoms with Gasteiger partial charge in [0.05, 0.1) is 17.4 Å². The van der Waals surface area contributed by atoms with Crippen LogP contribution in [-0.4, -0.2) is 27.1 Å². The number of allylic oxidation sites excluding steroid dienone is 2. The number of hydrogen-bond acceptors (Lipinski definition) is 4. The monoisotopic (exact) mass is 458 g/mol. The maximum atomic E-state index is 12.9. The topological polar surface area (TPSA) is 90.8 Å². The van der Waals surface area contributed by atoms with E-state index in [0.29, 0.717) is 11.3 Å². The zero-order chi connectivity index (χ0) is 24.1. The number of benzene rings is 1. The number of rotatable bonds is 4. The number of imidazole rings is 1. The Bertz CT molecular complexity index is 1190. The summed E-state index contributed by atoms with van der Waals surface area (Å²) in [6.45, 7) is 9.12. The van der Waals surface area contributed by atoms with E-state index in [9.17, 15) is 4.79 Å². The summed E-state index contributed by atoms with van der Waals surface area (Å²) in [7, 11) is 0. The molecule has 1 aliphatic carbocycles. The fourth-order valence-electron chi connectivity index (χ4n) is 6.05. The lowest BCUT2D eigenvalue weighted by atomic mass is 9.75. The Kier molecular flexibility index (Phi) is 5.44. The summed E-state index contributed by atoms with van der Waals surface area (Å²) in [4.78, 5) is 19.7. The molecule has 5 rings (SSSR count). The van der Waals surface area contributed by atoms with Crippen LogP contribution in [0.2, 0.25) is 0 Å². The second kappa shape index (κ2) is 8.09. The molecule has 1 aromatic carbocycles. The average Bonchev–Trinajstić information content (AvgIpc) is 3.35. The lowest BCUT2D eigenvalue weighted by molar-refractivity contribution is -0.127. The van der Waals surface area contributed by atoms with E-state index in [4.69, 9.17) is 10.00 Å². The predicted octanol–water partition coefficient (Wildman–Crippen LogP) is 6.33. The van der Waals surface area contributed by atoms with Gasteiger partial charge < -0.3 is 15.0 Å². The second-order valence-electron chi connectivity index (χ2n) is 11.7. The Hall–Kier alpha value is -2.91. The highest BCUT2D eigenvalue weighted by Gasteiger charge is 2.50. The van der Waals surface area contributed by atoms with Crippen LogP contribution >= 0.6 is 0 Å². The molecule has 0 saturated carbocycles. The molecule has 0 spiro atoms. The zero-order valence-electron chi connectivity index (χ0n) is 20.6. The van der Waals surface area contributed by atoms with Crippen LogP contribution in [0.3, 0.4) is 0 Å². The van der Waals surface area contributed by atoms with Crippen molar-refractivity contribution in [3.8, 4) is 6.07 Å². The van der Waals surface area contributed by atoms with Crippen LogP contribution in [0, 0.1) is 16.7 Å². The maximum absolute atomic E-state index is 12.9. The maximum Gasteiger partial charge on any atom is 0.291 e. The third-order valence-electron chi connectivity index (χ3n) is 8.02. The number of ether oxygens (including phenoxy) is 1. The first kappa shape index (κ1) is 22.9. The van der Waals surface area contributed by atoms with Crippen LogP contribution in [0.5, 0.6) is 0 Å². The van der Waals surface area contributed by atoms with E-state index >= 15 is 0 Å². The Balaban J connectivity index is 1.48. The summed E-state index contributed by atoms with van der Waals surface area (Å²) in [5.41, 5.74) is 4.99. The van der Waals surface area contributed by atoms with E-state index in [1.165, 1.54) is 17.3 Å². The molecule has 178 valence electrons. The van der Waals surface area contributed by atoms with Crippen molar-refractivity contribution in [1.29, 1.82) is 5.26 Å². The summed E-state index contributed by atoms with van der Waals surface area (Å²) < 4.78 is 6.43. The molecule has 2 N–H and O–H groups in total. The van der Waals surface area contributed by atoms with Gasteiger partial charge in [0.1, 0.15) is 11.8 Å². The van der Waals surface area contributed by atoms with Crippen molar-refractivity contribution >= 4 is 17.2 Å². The van der Waals surface area contributed by atoms with Crippen molar-refractivity contribution < 1.29 is 9.53 Å². The van der Waals surface area contributed by atoms with Gasteiger partial charge in [-0.1, -0.05) is 26.0 Å². The van der Waals surface area contributed by atoms with Crippen LogP contribution in [-0.2, 0) is 4.74 Å². The SMILES string of the molecule is CC1(C)CC=C(c2cc(C3CC4(C)CC[C@](C)(C3)O4)ccc2NC(=O)c2ncc(C#N)[nH]2)CC1. The molecule has 2 aromatic rings. The first-order valence-electron chi connectivity index (χ1n) is 12.4. The third kappa shape index (κ3) is 4.42. The van der Waals surface area contributed by atoms with Crippen molar-refractivity contribution in [2.75, 3.05) is 5.32 Å². The van der Waals surface area contributed by atoms with Gasteiger partial charge in [-0.2, -0.15) is 5.26 Å². The molecule has 34 heavy (non-hydrogen) atoms. The first-order chi connectivity index (χ1) is 16.1. The molecule has 1 aromatic heterocycles. The van der Waals surface area contributed by atoms with Gasteiger partial charge in [-0.15, -0.1) is 0 Å². The van der Waals surface area contributed by atoms with Crippen LogP contribution in [0.4, 0.5) is 5.69 Å². The minimum absolute atomic E-state index is 0.0451. The van der Waals surface area contributed by atoms with Gasteiger partial charge in [-0.3, -0.25) is 4.79 Å². The molecule has 6 heteroatoms. The van der Waals surface area contributed by atoms with Crippen LogP contribution in [0.25, 0.3) is 5.57 Å². The number of nitrogens with zero attached hydrogens (tertiary/aromatic N) is 2. The van der Waals surface area contributed by atoms with E-state index in [1.54, 1.807) is 0 Å². The van der Waals surface area contributed by atoms with Crippen molar-refractivity contribution in [2.24, 2.45) is 5.41 Å². The lowest BCUT2D eigenvalue weighted by Gasteiger charge is -2.41. The van der Waals surface area contributed by atoms with E-state index in [2.05, 4.69) is 61.2 Å². The largest absolute Gasteiger partial charge is 0.369 e. The highest BCUT2D eigenvalue weighted by Crippen LogP contribution is 2.53. The number of nitriles is 1. The van der Waals surface area contributed by atoms with Crippen molar-refractivity contribution in [3.05, 3.63) is 53.1 Å². The molecule has 2 fully saturated rings. The van der Waals surface area contributed by atoms with Crippen molar-refractivity contribution in [1.82, 2.24) is 9.97 Å². The Morgan fingerprint density at radius 1 is 1.18 bits per heavy atom. The van der Waals surface area contributed by atoms with Gasteiger partial charge in [0.25, 0.3) is 5.91 Å². The second-order valence-corrected chi connectivity index (χ2v) is 11.7. The standard InChI is InChI=1S/C28H34N4O2/c1-26(2)9-7-18(8-10-26)22-13-19(20-14-27(3)11-12-28(4,15-20)34-27)5-6-23(22)32-25(33)24-30-17-21(16-29)31-24/h5-7,13,17,20H,8-12,14-15H2,1-4H3,(H,30,31)(H,32,33)/t20?,27-,28?/m1/s1. The van der Waals surface area contributed by atoms with E-state index < -0.39 is 0 Å². The summed E-state index contributed by atoms with van der Waals surface area (Å²) in [5.74, 6) is 0.252. The van der Waals surface area contributed by atoms with Crippen LogP contribution in [0.1, 0.15) is 106 Å². The minimum Gasteiger partial charge on any atom is -0.369 e. The van der Waals surface area contributed by atoms with Crippen molar-refractivity contribution in [2.45, 2.75) is 89.8 Å². The van der Waals surface area contributed by atoms with Gasteiger partial charge in [-0.05, 0) is 93.4 Å². The summed E-state index contributed by atoms with van der Waals surface area (Å²) in [6, 6.07) is 8.48. The van der Waals surface area contributed by atoms with Gasteiger partial charge in [0, 0.05) is 11.3 Å². The van der Waals surface area contributed by atoms with Crippen LogP contribution in [0.15, 0.2) is 30.5 Å². The average molecular weight is 459 g/mol. The number of carbonyl (C=O) groups is 1. The Labute approximate surface area is 201 Å². The summed E-state index contributed by atoms with van der Waals surface area (Å²) in [5, 5.41) is 12.1. The lowest BCUT2D eigenvalue weighted by Crippen LogP contribution is -2.39. The van der Waals surface area contributed by atoms with Crippen molar-refractivity contribution in [3.63, 3.8) is 0 Å². The fourth-order valence-corrected chi connectivity index (χ4v) is 6.05. The number of H-pyrrole nitrogens is 1. The van der Waals surface area contributed by atoms with E-state index in [0.717, 1.165) is 56.2 Å². The van der Waals surface area contributed by atoms with Gasteiger partial charge >= 0.3 is 0 Å². The number of amides is 1. The molecule has 2 bridgehead atoms. The number of anilines is 1. The summed E-state index contributed by atoms with van der Waals surface area (Å²) in [6.07, 6.45) is 11.2. The van der Waals surface area contributed by atoms with Crippen LogP contribution < -0.4 is 5.32 Å². The highest BCUT2D eigenvalue weighted by atomic mass is 16.5. The molecule has 3 atom stereocenters. The summed E-state index contributed by atoms with van der Waals surface area (Å²) >= 11 is 0. The molecule has 1 amide bonds. The molecule has 2 saturated heterocycles. The van der Waals surface area contributed by atoms with E-state index in [-0.39, 0.29) is 28.6 Å². The molecule has 2 unspecified atom stereocenters. The Morgan fingerprint density at radius 3 is 2.53 bits per heavy atom. The molecule has 2 aliphatic heterocycles. The predicted molar refractivity (Wildman–Crippen MR) is 132 cm³/mol. The van der Waals surface area contributed by atoms with Gasteiger partial charge in [0.15, 0.2) is 5.82 Å². The number of hydrogen-bond donors (Lipinski definition) is 2. The quantitative estimate of drug-likeness (QED) is 0.560. The van der Waals surface area contributed by atoms with E-state index in [1.807, 2.05) is 12.1 Å². The molecule has 6 nitrogen and oxygen atoms in total. The number of nitrogens with one attached hydrogen (secondary N) is 2. The molecular weight excluding hydrogens is 424 g/mol. The Morgan fingerprint density at radius 2 is 1.91 bits per heavy atom. The molecule has 0 radical (unpaired) electrons. The third-order valence-corrected chi connectivity index (χ3v) is 8.02. The highest BCUT2D eigenvalue weighted by molar-refractivity contribution is 6.03. The number of aromatic nitrogens is 2. The molecule has 3 aliphatic rings. The van der Waals surface area contributed by atoms with Gasteiger partial charge in [0.2, 0.25) is 0 Å². The molecular formula is C28H34N4O2. The number of carbonyl (C=O) groups excluding carboxylic acids is 1. The normalized spacial score (nSPS) is 29.9. The molecule has 3 heterocycles. The fraction of sp³-hybridized carbons (Fsp3) is 0.536. The van der Waals surface area contributed by atoms with Gasteiger partial charge in [-0.25, -0.2) is 4.98 Å². The smallest absolute Gasteiger partial charge is 0.291 e. The number of fused-ring (bicyclic) bond motifs is 2. The minimum atomic E-state index is -0.337. The first-order valence-corrected chi connectivity index (χ1v) is 12.4. The zero-order valence-corrected chi connectivity index (χ0v) is 20.6. The number of aromatic amines is 1.